The molecule has 0 aliphatic carbocycles. The Labute approximate surface area is 114 Å². The van der Waals surface area contributed by atoms with Crippen LogP contribution in [0.25, 0.3) is 0 Å². The van der Waals surface area contributed by atoms with Gasteiger partial charge in [-0.25, -0.2) is 0 Å². The number of amidine groups is 1. The summed E-state index contributed by atoms with van der Waals surface area (Å²) in [6.45, 7) is 5.08. The Morgan fingerprint density at radius 2 is 2.05 bits per heavy atom. The van der Waals surface area contributed by atoms with Crippen LogP contribution in [0.1, 0.15) is 12.5 Å². The largest absolute Gasteiger partial charge is 0.359 e. The smallest absolute Gasteiger partial charge is 0.126 e. The monoisotopic (exact) mass is 256 g/mol. The van der Waals surface area contributed by atoms with Gasteiger partial charge in [-0.2, -0.15) is 0 Å². The fourth-order valence-electron chi connectivity index (χ4n) is 2.60. The first-order valence-corrected chi connectivity index (χ1v) is 6.78. The summed E-state index contributed by atoms with van der Waals surface area (Å²) in [5.41, 5.74) is 1.24. The highest BCUT2D eigenvalue weighted by Gasteiger charge is 2.29. The Hall–Kier alpha value is -1.97. The third-order valence-corrected chi connectivity index (χ3v) is 3.73. The number of aliphatic imine (C=N–C) groups is 1. The third-order valence-electron chi connectivity index (χ3n) is 3.73. The Morgan fingerprint density at radius 1 is 1.26 bits per heavy atom. The van der Waals surface area contributed by atoms with Crippen LogP contribution in [-0.4, -0.2) is 41.9 Å². The molecular formula is C15H20N4. The second-order valence-electron chi connectivity index (χ2n) is 5.12. The van der Waals surface area contributed by atoms with Crippen molar-refractivity contribution < 1.29 is 0 Å². The number of likely N-dealkylation sites (N-methyl/N-ethyl adjacent to an activating group) is 1. The van der Waals surface area contributed by atoms with Gasteiger partial charge in [-0.3, -0.25) is 4.99 Å². The molecule has 3 rings (SSSR count). The Morgan fingerprint density at radius 3 is 2.84 bits per heavy atom. The first kappa shape index (κ1) is 12.1. The van der Waals surface area contributed by atoms with E-state index in [0.717, 1.165) is 25.5 Å². The van der Waals surface area contributed by atoms with Crippen molar-refractivity contribution in [2.75, 3.05) is 20.1 Å². The maximum absolute atomic E-state index is 4.67. The van der Waals surface area contributed by atoms with Crippen molar-refractivity contribution in [2.45, 2.75) is 19.6 Å². The van der Waals surface area contributed by atoms with Gasteiger partial charge in [0, 0.05) is 26.2 Å². The van der Waals surface area contributed by atoms with Crippen molar-refractivity contribution in [1.82, 2.24) is 15.1 Å². The molecule has 0 amide bonds. The lowest BCUT2D eigenvalue weighted by Gasteiger charge is -2.34. The van der Waals surface area contributed by atoms with Crippen LogP contribution in [0.5, 0.6) is 0 Å². The normalized spacial score (nSPS) is 24.2. The lowest BCUT2D eigenvalue weighted by atomic mass is 10.2. The summed E-state index contributed by atoms with van der Waals surface area (Å²) in [5, 5.41) is 3.45. The topological polar surface area (TPSA) is 30.9 Å². The molecule has 2 aliphatic rings. The second kappa shape index (κ2) is 4.96. The molecule has 4 nitrogen and oxygen atoms in total. The molecule has 0 aromatic heterocycles. The van der Waals surface area contributed by atoms with E-state index >= 15 is 0 Å². The van der Waals surface area contributed by atoms with Gasteiger partial charge in [-0.15, -0.1) is 0 Å². The highest BCUT2D eigenvalue weighted by atomic mass is 15.4. The summed E-state index contributed by atoms with van der Waals surface area (Å²) in [7, 11) is 2.14. The minimum absolute atomic E-state index is 0.319. The summed E-state index contributed by atoms with van der Waals surface area (Å²) in [6.07, 6.45) is 2.47. The van der Waals surface area contributed by atoms with E-state index in [4.69, 9.17) is 0 Å². The van der Waals surface area contributed by atoms with Crippen molar-refractivity contribution in [3.63, 3.8) is 0 Å². The van der Waals surface area contributed by atoms with Crippen molar-refractivity contribution in [1.29, 1.82) is 0 Å². The molecule has 1 aromatic carbocycles. The average Bonchev–Trinajstić information content (AvgIpc) is 2.80. The lowest BCUT2D eigenvalue weighted by molar-refractivity contribution is 0.265. The number of benzene rings is 1. The average molecular weight is 256 g/mol. The number of nitrogens with zero attached hydrogens (tertiary/aromatic N) is 3. The number of nitrogens with one attached hydrogen (secondary N) is 1. The van der Waals surface area contributed by atoms with Crippen molar-refractivity contribution >= 4 is 5.84 Å². The van der Waals surface area contributed by atoms with Crippen LogP contribution in [0.4, 0.5) is 0 Å². The predicted molar refractivity (Wildman–Crippen MR) is 77.6 cm³/mol. The Bertz CT molecular complexity index is 506. The van der Waals surface area contributed by atoms with E-state index in [9.17, 15) is 0 Å². The molecule has 1 aromatic rings. The van der Waals surface area contributed by atoms with Crippen LogP contribution in [-0.2, 0) is 6.54 Å². The van der Waals surface area contributed by atoms with Gasteiger partial charge >= 0.3 is 0 Å². The molecule has 100 valence electrons. The zero-order chi connectivity index (χ0) is 13.2. The zero-order valence-electron chi connectivity index (χ0n) is 11.5. The van der Waals surface area contributed by atoms with E-state index in [1.807, 2.05) is 6.07 Å². The number of fused-ring (bicyclic) bond motifs is 1. The van der Waals surface area contributed by atoms with Crippen LogP contribution in [0.2, 0.25) is 0 Å². The highest BCUT2D eigenvalue weighted by molar-refractivity contribution is 5.94. The molecule has 19 heavy (non-hydrogen) atoms. The van der Waals surface area contributed by atoms with E-state index in [-0.39, 0.29) is 0 Å². The lowest BCUT2D eigenvalue weighted by Crippen LogP contribution is -2.48. The molecule has 0 saturated carbocycles. The van der Waals surface area contributed by atoms with E-state index in [1.54, 1.807) is 0 Å². The maximum atomic E-state index is 4.67. The van der Waals surface area contributed by atoms with E-state index < -0.39 is 0 Å². The Kier molecular flexibility index (Phi) is 3.15. The zero-order valence-corrected chi connectivity index (χ0v) is 11.5. The molecular weight excluding hydrogens is 236 g/mol. The van der Waals surface area contributed by atoms with Gasteiger partial charge < -0.3 is 15.1 Å². The molecule has 4 heteroatoms. The van der Waals surface area contributed by atoms with Gasteiger partial charge in [0.2, 0.25) is 0 Å². The van der Waals surface area contributed by atoms with Gasteiger partial charge in [0.1, 0.15) is 11.7 Å². The minimum Gasteiger partial charge on any atom is -0.359 e. The van der Waals surface area contributed by atoms with Gasteiger partial charge in [-0.05, 0) is 12.5 Å². The molecule has 1 N–H and O–H groups in total. The summed E-state index contributed by atoms with van der Waals surface area (Å²) < 4.78 is 0. The van der Waals surface area contributed by atoms with Gasteiger partial charge in [0.25, 0.3) is 0 Å². The van der Waals surface area contributed by atoms with Crippen LogP contribution in [0.3, 0.4) is 0 Å². The van der Waals surface area contributed by atoms with Crippen molar-refractivity contribution in [2.24, 2.45) is 4.99 Å². The molecule has 1 fully saturated rings. The summed E-state index contributed by atoms with van der Waals surface area (Å²) in [5.74, 6) is 2.26. The number of hydrogen-bond acceptors (Lipinski definition) is 3. The fraction of sp³-hybridized carbons (Fsp3) is 0.400. The van der Waals surface area contributed by atoms with E-state index in [1.165, 1.54) is 11.4 Å². The SMILES string of the molecule is CC1NC(=NCc2ccccc2)C=C2N(C)CCN21. The molecule has 0 radical (unpaired) electrons. The second-order valence-corrected chi connectivity index (χ2v) is 5.12. The summed E-state index contributed by atoms with van der Waals surface area (Å²) in [4.78, 5) is 9.34. The van der Waals surface area contributed by atoms with Crippen LogP contribution in [0, 0.1) is 0 Å². The quantitative estimate of drug-likeness (QED) is 0.872. The van der Waals surface area contributed by atoms with Gasteiger partial charge in [0.05, 0.1) is 12.7 Å². The van der Waals surface area contributed by atoms with Gasteiger partial charge in [-0.1, -0.05) is 30.3 Å². The molecule has 1 atom stereocenters. The highest BCUT2D eigenvalue weighted by Crippen LogP contribution is 2.21. The van der Waals surface area contributed by atoms with Crippen LogP contribution in [0.15, 0.2) is 47.2 Å². The van der Waals surface area contributed by atoms with E-state index in [0.29, 0.717) is 6.17 Å². The Balaban J connectivity index is 1.78. The van der Waals surface area contributed by atoms with Crippen LogP contribution >= 0.6 is 0 Å². The first-order valence-electron chi connectivity index (χ1n) is 6.78. The van der Waals surface area contributed by atoms with Crippen molar-refractivity contribution in [3.05, 3.63) is 47.8 Å². The fourth-order valence-corrected chi connectivity index (χ4v) is 2.60. The summed E-state index contributed by atoms with van der Waals surface area (Å²) in [6, 6.07) is 10.4. The van der Waals surface area contributed by atoms with Crippen molar-refractivity contribution in [3.8, 4) is 0 Å². The number of hydrogen-bond donors (Lipinski definition) is 1. The summed E-state index contributed by atoms with van der Waals surface area (Å²) >= 11 is 0. The molecule has 1 unspecified atom stereocenters. The predicted octanol–water partition coefficient (Wildman–Crippen LogP) is 1.62. The molecule has 1 saturated heterocycles. The minimum atomic E-state index is 0.319. The molecule has 0 spiro atoms. The van der Waals surface area contributed by atoms with E-state index in [2.05, 4.69) is 64.4 Å². The molecule has 0 bridgehead atoms. The third kappa shape index (κ3) is 2.43. The molecule has 2 aliphatic heterocycles. The van der Waals surface area contributed by atoms with Crippen LogP contribution < -0.4 is 5.32 Å². The first-order chi connectivity index (χ1) is 9.24. The van der Waals surface area contributed by atoms with Gasteiger partial charge in [0.15, 0.2) is 0 Å². The maximum Gasteiger partial charge on any atom is 0.126 e. The standard InChI is InChI=1S/C15H20N4/c1-12-17-14(10-15-18(2)8-9-19(12)15)16-11-13-6-4-3-5-7-13/h3-7,10,12H,8-9,11H2,1-2H3,(H,16,17). The molecule has 2 heterocycles. The number of rotatable bonds is 2.